The van der Waals surface area contributed by atoms with E-state index in [1.807, 2.05) is 24.1 Å². The number of carbonyl (C=O) groups is 2. The van der Waals surface area contributed by atoms with E-state index in [0.717, 1.165) is 24.5 Å². The van der Waals surface area contributed by atoms with Crippen molar-refractivity contribution >= 4 is 34.5 Å². The van der Waals surface area contributed by atoms with Crippen molar-refractivity contribution in [2.75, 3.05) is 49.9 Å². The number of nitrogens with one attached hydrogen (secondary N) is 1. The number of carbonyl (C=O) groups excluding carboxylic acids is 2. The van der Waals surface area contributed by atoms with Gasteiger partial charge in [-0.05, 0) is 67.3 Å². The summed E-state index contributed by atoms with van der Waals surface area (Å²) >= 11 is 0. The number of nitrogens with two attached hydrogens (primary N) is 1. The van der Waals surface area contributed by atoms with Gasteiger partial charge in [0.1, 0.15) is 12.0 Å². The fourth-order valence-electron chi connectivity index (χ4n) is 7.20. The SMILES string of the molecule is Cn1cnc(-c2ccc(C3=CCN(C(=O)CN4CC[C@]5(CCN(c6ccc(N)c(C(=N)c7ccnc(C(C)(F)F)c7)c6)C5=O)C4)CC3)cc2)n1. The van der Waals surface area contributed by atoms with Gasteiger partial charge in [-0.1, -0.05) is 30.3 Å². The monoisotopic (exact) mass is 679 g/mol. The molecule has 1 spiro atoms. The number of amides is 2. The molecular formula is C37H39F2N9O2. The van der Waals surface area contributed by atoms with Gasteiger partial charge in [-0.3, -0.25) is 29.6 Å². The van der Waals surface area contributed by atoms with E-state index in [9.17, 15) is 18.4 Å². The Morgan fingerprint density at radius 2 is 1.78 bits per heavy atom. The Morgan fingerprint density at radius 3 is 2.48 bits per heavy atom. The molecule has 0 aliphatic carbocycles. The van der Waals surface area contributed by atoms with E-state index in [2.05, 4.69) is 38.2 Å². The van der Waals surface area contributed by atoms with Crippen molar-refractivity contribution in [3.8, 4) is 11.4 Å². The number of halogens is 2. The number of nitrogen functional groups attached to an aromatic ring is 1. The number of likely N-dealkylation sites (tertiary alicyclic amines) is 1. The van der Waals surface area contributed by atoms with E-state index in [4.69, 9.17) is 11.1 Å². The molecule has 13 heteroatoms. The molecule has 0 saturated carbocycles. The predicted octanol–water partition coefficient (Wildman–Crippen LogP) is 4.73. The Balaban J connectivity index is 0.966. The maximum atomic E-state index is 13.9. The highest BCUT2D eigenvalue weighted by molar-refractivity contribution is 6.14. The number of aromatic nitrogens is 4. The molecule has 2 saturated heterocycles. The minimum Gasteiger partial charge on any atom is -0.398 e. The highest BCUT2D eigenvalue weighted by Gasteiger charge is 2.51. The lowest BCUT2D eigenvalue weighted by Crippen LogP contribution is -2.43. The van der Waals surface area contributed by atoms with Gasteiger partial charge in [-0.25, -0.2) is 4.98 Å². The normalized spacial score (nSPS) is 19.8. The molecule has 4 aromatic rings. The Bertz CT molecular complexity index is 2000. The standard InChI is InChI=1S/C37H39F2N9O2/c1-36(38,39)31-19-27(9-14-42-31)33(41)29-20-28(7-8-30(29)40)48-18-13-37(35(48)50)12-17-46(22-37)21-32(49)47-15-10-25(11-16-47)24-3-5-26(6-4-24)34-43-23-45(2)44-34/h3-10,14,19-20,23,41H,11-13,15-18,21-22,40H2,1-2H3/t37-/m0/s1. The number of alkyl halides is 2. The van der Waals surface area contributed by atoms with Crippen LogP contribution in [0.5, 0.6) is 0 Å². The summed E-state index contributed by atoms with van der Waals surface area (Å²) in [6.45, 7) is 3.85. The second kappa shape index (κ2) is 12.9. The minimum absolute atomic E-state index is 0.0121. The Kier molecular flexibility index (Phi) is 8.54. The lowest BCUT2D eigenvalue weighted by Gasteiger charge is -2.29. The molecule has 2 aromatic carbocycles. The van der Waals surface area contributed by atoms with Crippen molar-refractivity contribution in [3.63, 3.8) is 0 Å². The lowest BCUT2D eigenvalue weighted by atomic mass is 9.85. The third-order valence-corrected chi connectivity index (χ3v) is 10.1. The van der Waals surface area contributed by atoms with Crippen LogP contribution in [0.25, 0.3) is 17.0 Å². The summed E-state index contributed by atoms with van der Waals surface area (Å²) in [4.78, 5) is 41.0. The molecular weight excluding hydrogens is 640 g/mol. The summed E-state index contributed by atoms with van der Waals surface area (Å²) in [6.07, 6.45) is 7.12. The van der Waals surface area contributed by atoms with E-state index >= 15 is 0 Å². The second-order valence-corrected chi connectivity index (χ2v) is 13.6. The van der Waals surface area contributed by atoms with Gasteiger partial charge in [0.2, 0.25) is 11.8 Å². The van der Waals surface area contributed by atoms with Crippen LogP contribution in [0, 0.1) is 10.8 Å². The van der Waals surface area contributed by atoms with E-state index in [1.54, 1.807) is 34.1 Å². The second-order valence-electron chi connectivity index (χ2n) is 13.6. The molecule has 3 N–H and O–H groups in total. The first-order valence-electron chi connectivity index (χ1n) is 16.7. The Hall–Kier alpha value is -5.30. The number of nitrogens with zero attached hydrogens (tertiary/aromatic N) is 7. The third-order valence-electron chi connectivity index (χ3n) is 10.1. The van der Waals surface area contributed by atoms with Crippen molar-refractivity contribution in [1.82, 2.24) is 29.5 Å². The molecule has 0 radical (unpaired) electrons. The summed E-state index contributed by atoms with van der Waals surface area (Å²) in [7, 11) is 1.84. The number of hydrogen-bond acceptors (Lipinski definition) is 8. The maximum absolute atomic E-state index is 13.9. The first-order valence-corrected chi connectivity index (χ1v) is 16.7. The van der Waals surface area contributed by atoms with E-state index in [1.165, 1.54) is 23.9 Å². The predicted molar refractivity (Wildman–Crippen MR) is 187 cm³/mol. The van der Waals surface area contributed by atoms with Crippen LogP contribution in [-0.2, 0) is 22.6 Å². The van der Waals surface area contributed by atoms with Crippen LogP contribution in [0.2, 0.25) is 0 Å². The lowest BCUT2D eigenvalue weighted by molar-refractivity contribution is -0.132. The van der Waals surface area contributed by atoms with Crippen LogP contribution >= 0.6 is 0 Å². The number of rotatable bonds is 8. The van der Waals surface area contributed by atoms with Gasteiger partial charge in [-0.15, -0.1) is 0 Å². The first kappa shape index (κ1) is 33.2. The smallest absolute Gasteiger partial charge is 0.286 e. The van der Waals surface area contributed by atoms with Crippen molar-refractivity contribution in [2.45, 2.75) is 32.1 Å². The van der Waals surface area contributed by atoms with Gasteiger partial charge < -0.3 is 15.5 Å². The van der Waals surface area contributed by atoms with Crippen molar-refractivity contribution in [2.24, 2.45) is 12.5 Å². The highest BCUT2D eigenvalue weighted by Crippen LogP contribution is 2.43. The van der Waals surface area contributed by atoms with E-state index < -0.39 is 17.0 Å². The van der Waals surface area contributed by atoms with Crippen LogP contribution < -0.4 is 10.6 Å². The fraction of sp³-hybridized carbons (Fsp3) is 0.351. The molecule has 2 amide bonds. The molecule has 7 rings (SSSR count). The van der Waals surface area contributed by atoms with Gasteiger partial charge in [0, 0.05) is 74.4 Å². The maximum Gasteiger partial charge on any atom is 0.286 e. The van der Waals surface area contributed by atoms with Gasteiger partial charge in [0.05, 0.1) is 17.7 Å². The van der Waals surface area contributed by atoms with Gasteiger partial charge in [0.15, 0.2) is 5.82 Å². The largest absolute Gasteiger partial charge is 0.398 e. The Morgan fingerprint density at radius 1 is 1.02 bits per heavy atom. The number of benzene rings is 2. The number of pyridine rings is 1. The highest BCUT2D eigenvalue weighted by atomic mass is 19.3. The zero-order chi connectivity index (χ0) is 35.2. The number of aryl methyl sites for hydroxylation is 1. The fourth-order valence-corrected chi connectivity index (χ4v) is 7.20. The topological polar surface area (TPSA) is 137 Å². The van der Waals surface area contributed by atoms with Crippen LogP contribution in [0.1, 0.15) is 48.6 Å². The zero-order valence-corrected chi connectivity index (χ0v) is 28.1. The van der Waals surface area contributed by atoms with Crippen molar-refractivity contribution < 1.29 is 18.4 Å². The molecule has 50 heavy (non-hydrogen) atoms. The van der Waals surface area contributed by atoms with Gasteiger partial charge >= 0.3 is 0 Å². The molecule has 258 valence electrons. The zero-order valence-electron chi connectivity index (χ0n) is 28.1. The van der Waals surface area contributed by atoms with Crippen LogP contribution in [0.3, 0.4) is 0 Å². The molecule has 1 atom stereocenters. The minimum atomic E-state index is -3.15. The molecule has 0 bridgehead atoms. The van der Waals surface area contributed by atoms with E-state index in [0.29, 0.717) is 68.3 Å². The average molecular weight is 680 g/mol. The summed E-state index contributed by atoms with van der Waals surface area (Å²) in [5.41, 5.74) is 9.99. The summed E-state index contributed by atoms with van der Waals surface area (Å²) in [5.74, 6) is -2.42. The summed E-state index contributed by atoms with van der Waals surface area (Å²) < 4.78 is 29.5. The van der Waals surface area contributed by atoms with Crippen LogP contribution in [-0.4, -0.2) is 86.3 Å². The van der Waals surface area contributed by atoms with Crippen molar-refractivity contribution in [3.05, 3.63) is 95.6 Å². The van der Waals surface area contributed by atoms with Crippen molar-refractivity contribution in [1.29, 1.82) is 5.41 Å². The molecule has 11 nitrogen and oxygen atoms in total. The quantitative estimate of drug-likeness (QED) is 0.203. The first-order chi connectivity index (χ1) is 23.9. The molecule has 3 aliphatic heterocycles. The third kappa shape index (κ3) is 6.40. The van der Waals surface area contributed by atoms with E-state index in [-0.39, 0.29) is 29.6 Å². The number of hydrogen-bond donors (Lipinski definition) is 2. The molecule has 5 heterocycles. The summed E-state index contributed by atoms with van der Waals surface area (Å²) in [5, 5.41) is 13.1. The molecule has 0 unspecified atom stereocenters. The molecule has 3 aliphatic rings. The van der Waals surface area contributed by atoms with Gasteiger partial charge in [0.25, 0.3) is 5.92 Å². The van der Waals surface area contributed by atoms with Crippen LogP contribution in [0.15, 0.2) is 73.2 Å². The Labute approximate surface area is 288 Å². The molecule has 2 aromatic heterocycles. The average Bonchev–Trinajstić information content (AvgIpc) is 3.83. The van der Waals surface area contributed by atoms with Gasteiger partial charge in [-0.2, -0.15) is 13.9 Å². The number of anilines is 2. The van der Waals surface area contributed by atoms with Crippen LogP contribution in [0.4, 0.5) is 20.2 Å². The molecule has 2 fully saturated rings. The summed E-state index contributed by atoms with van der Waals surface area (Å²) in [6, 6.07) is 15.9.